The van der Waals surface area contributed by atoms with Gasteiger partial charge >= 0.3 is 12.2 Å². The van der Waals surface area contributed by atoms with Crippen molar-refractivity contribution in [1.82, 2.24) is 16.4 Å². The predicted molar refractivity (Wildman–Crippen MR) is 30.7 cm³/mol. The van der Waals surface area contributed by atoms with E-state index >= 15 is 0 Å². The molecule has 0 heterocycles. The third-order valence-corrected chi connectivity index (χ3v) is 0.543. The summed E-state index contributed by atoms with van der Waals surface area (Å²) >= 11 is 0. The maximum Gasteiger partial charge on any atom is 0.441 e. The predicted octanol–water partition coefficient (Wildman–Crippen LogP) is -2.39. The Bertz CT molecular complexity index is 131. The van der Waals surface area contributed by atoms with Gasteiger partial charge in [0.05, 0.1) is 0 Å². The van der Waals surface area contributed by atoms with Crippen LogP contribution in [0.3, 0.4) is 0 Å². The molecule has 0 aromatic carbocycles. The summed E-state index contributed by atoms with van der Waals surface area (Å²) < 4.78 is 0. The maximum atomic E-state index is 10.1. The number of amides is 2. The molecular formula is C2H7N5O4. The van der Waals surface area contributed by atoms with Crippen LogP contribution in [0, 0.1) is 0 Å². The fourth-order valence-corrected chi connectivity index (χ4v) is 0.192. The number of hydrazine groups is 2. The molecule has 11 heavy (non-hydrogen) atoms. The average Bonchev–Trinajstić information content (AvgIpc) is 2.04. The van der Waals surface area contributed by atoms with Gasteiger partial charge in [-0.25, -0.2) is 20.4 Å². The lowest BCUT2D eigenvalue weighted by Gasteiger charge is -2.04. The summed E-state index contributed by atoms with van der Waals surface area (Å²) in [4.78, 5) is 27.5. The van der Waals surface area contributed by atoms with Gasteiger partial charge in [-0.2, -0.15) is 11.8 Å². The number of hydrogen-bond acceptors (Lipinski definition) is 7. The van der Waals surface area contributed by atoms with Crippen molar-refractivity contribution in [3.8, 4) is 0 Å². The van der Waals surface area contributed by atoms with Gasteiger partial charge in [-0.15, -0.1) is 5.53 Å². The van der Waals surface area contributed by atoms with Crippen LogP contribution in [0.1, 0.15) is 0 Å². The first-order chi connectivity index (χ1) is 5.20. The van der Waals surface area contributed by atoms with Crippen molar-refractivity contribution in [1.29, 1.82) is 0 Å². The van der Waals surface area contributed by atoms with E-state index in [1.54, 1.807) is 10.9 Å². The molecule has 0 bridgehead atoms. The van der Waals surface area contributed by atoms with E-state index in [1.165, 1.54) is 0 Å². The summed E-state index contributed by atoms with van der Waals surface area (Å²) in [5.74, 6) is 8.80. The summed E-state index contributed by atoms with van der Waals surface area (Å²) in [6, 6.07) is 0. The van der Waals surface area contributed by atoms with E-state index in [4.69, 9.17) is 0 Å². The van der Waals surface area contributed by atoms with Crippen molar-refractivity contribution in [3.05, 3.63) is 0 Å². The van der Waals surface area contributed by atoms with Crippen molar-refractivity contribution in [2.24, 2.45) is 11.8 Å². The highest BCUT2D eigenvalue weighted by atomic mass is 16.7. The first-order valence-electron chi connectivity index (χ1n) is 2.29. The molecule has 0 spiro atoms. The van der Waals surface area contributed by atoms with Crippen LogP contribution in [-0.4, -0.2) is 12.2 Å². The molecule has 0 unspecified atom stereocenters. The van der Waals surface area contributed by atoms with E-state index in [0.29, 0.717) is 0 Å². The Balaban J connectivity index is 3.27. The lowest BCUT2D eigenvalue weighted by Crippen LogP contribution is -2.50. The standard InChI is InChI=1S/C2H7N5O4/c3-10-1(8)5-7-6-2(9)11-4/h7H,3-4H2,(H,5,8)(H,6,9). The second-order valence-electron chi connectivity index (χ2n) is 1.19. The van der Waals surface area contributed by atoms with Crippen molar-refractivity contribution < 1.29 is 19.3 Å². The molecule has 0 saturated carbocycles. The SMILES string of the molecule is NOC(=O)NNNC(=O)ON. The molecule has 0 rings (SSSR count). The first-order valence-corrected chi connectivity index (χ1v) is 2.29. The van der Waals surface area contributed by atoms with Gasteiger partial charge < -0.3 is 9.68 Å². The smallest absolute Gasteiger partial charge is 0.356 e. The molecular weight excluding hydrogens is 158 g/mol. The molecule has 0 radical (unpaired) electrons. The summed E-state index contributed by atoms with van der Waals surface area (Å²) in [7, 11) is 0. The van der Waals surface area contributed by atoms with Crippen LogP contribution in [0.15, 0.2) is 0 Å². The molecule has 0 atom stereocenters. The zero-order valence-electron chi connectivity index (χ0n) is 5.29. The van der Waals surface area contributed by atoms with Crippen LogP contribution in [0.25, 0.3) is 0 Å². The summed E-state index contributed by atoms with van der Waals surface area (Å²) in [5.41, 5.74) is 5.47. The molecule has 7 N–H and O–H groups in total. The Kier molecular flexibility index (Phi) is 4.47. The van der Waals surface area contributed by atoms with Crippen LogP contribution < -0.4 is 28.2 Å². The molecule has 0 fully saturated rings. The minimum Gasteiger partial charge on any atom is -0.356 e. The highest BCUT2D eigenvalue weighted by Crippen LogP contribution is 1.62. The highest BCUT2D eigenvalue weighted by Gasteiger charge is 1.99. The molecule has 64 valence electrons. The van der Waals surface area contributed by atoms with Crippen LogP contribution >= 0.6 is 0 Å². The number of carbonyl (C=O) groups excluding carboxylic acids is 2. The quantitative estimate of drug-likeness (QED) is 0.287. The van der Waals surface area contributed by atoms with Gasteiger partial charge in [0.25, 0.3) is 0 Å². The average molecular weight is 165 g/mol. The number of nitrogens with two attached hydrogens (primary N) is 2. The van der Waals surface area contributed by atoms with Crippen molar-refractivity contribution in [3.63, 3.8) is 0 Å². The van der Waals surface area contributed by atoms with E-state index in [2.05, 4.69) is 21.5 Å². The Hall–Kier alpha value is -1.58. The van der Waals surface area contributed by atoms with E-state index < -0.39 is 12.2 Å². The lowest BCUT2D eigenvalue weighted by molar-refractivity contribution is 0.128. The Morgan fingerprint density at radius 2 is 1.36 bits per heavy atom. The monoisotopic (exact) mass is 165 g/mol. The number of rotatable bonds is 2. The minimum absolute atomic E-state index is 0.984. The molecule has 0 aromatic heterocycles. The van der Waals surface area contributed by atoms with Crippen LogP contribution in [-0.2, 0) is 9.68 Å². The number of nitrogens with one attached hydrogen (secondary N) is 3. The summed E-state index contributed by atoms with van der Waals surface area (Å²) in [6.07, 6.45) is -1.97. The lowest BCUT2D eigenvalue weighted by atomic mass is 11.2. The van der Waals surface area contributed by atoms with E-state index in [0.717, 1.165) is 0 Å². The van der Waals surface area contributed by atoms with Crippen molar-refractivity contribution in [2.45, 2.75) is 0 Å². The molecule has 2 amide bonds. The third kappa shape index (κ3) is 4.90. The molecule has 9 heteroatoms. The summed E-state index contributed by atoms with van der Waals surface area (Å²) in [6.45, 7) is 0. The van der Waals surface area contributed by atoms with Crippen molar-refractivity contribution >= 4 is 12.2 Å². The van der Waals surface area contributed by atoms with Crippen LogP contribution in [0.4, 0.5) is 9.59 Å². The van der Waals surface area contributed by atoms with Gasteiger partial charge in [0.1, 0.15) is 0 Å². The van der Waals surface area contributed by atoms with Gasteiger partial charge in [-0.05, 0) is 0 Å². The maximum absolute atomic E-state index is 10.1. The molecule has 0 aliphatic carbocycles. The zero-order valence-corrected chi connectivity index (χ0v) is 5.29. The normalized spacial score (nSPS) is 8.18. The van der Waals surface area contributed by atoms with E-state index in [-0.39, 0.29) is 0 Å². The topological polar surface area (TPSA) is 141 Å². The fraction of sp³-hybridized carbons (Fsp3) is 0. The molecule has 0 aliphatic heterocycles. The van der Waals surface area contributed by atoms with Crippen LogP contribution in [0.2, 0.25) is 0 Å². The first kappa shape index (κ1) is 9.42. The highest BCUT2D eigenvalue weighted by molar-refractivity contribution is 5.68. The van der Waals surface area contributed by atoms with Gasteiger partial charge in [0, 0.05) is 0 Å². The van der Waals surface area contributed by atoms with Gasteiger partial charge in [-0.1, -0.05) is 0 Å². The molecule has 9 nitrogen and oxygen atoms in total. The minimum atomic E-state index is -0.984. The fourth-order valence-electron chi connectivity index (χ4n) is 0.192. The Morgan fingerprint density at radius 1 is 1.00 bits per heavy atom. The molecule has 0 aromatic rings. The van der Waals surface area contributed by atoms with Crippen molar-refractivity contribution in [2.75, 3.05) is 0 Å². The zero-order chi connectivity index (χ0) is 8.69. The number of hydrogen-bond donors (Lipinski definition) is 5. The molecule has 0 aliphatic rings. The van der Waals surface area contributed by atoms with Gasteiger partial charge in [0.15, 0.2) is 0 Å². The largest absolute Gasteiger partial charge is 0.441 e. The van der Waals surface area contributed by atoms with Gasteiger partial charge in [0.2, 0.25) is 0 Å². The third-order valence-electron chi connectivity index (χ3n) is 0.543. The Morgan fingerprint density at radius 3 is 1.64 bits per heavy atom. The summed E-state index contributed by atoms with van der Waals surface area (Å²) in [5, 5.41) is 0. The number of carbonyl (C=O) groups is 2. The van der Waals surface area contributed by atoms with E-state index in [9.17, 15) is 9.59 Å². The van der Waals surface area contributed by atoms with E-state index in [1.807, 2.05) is 5.53 Å². The molecule has 0 saturated heterocycles. The second kappa shape index (κ2) is 5.22. The van der Waals surface area contributed by atoms with Crippen LogP contribution in [0.5, 0.6) is 0 Å². The Labute approximate surface area is 60.8 Å². The second-order valence-corrected chi connectivity index (χ2v) is 1.19. The van der Waals surface area contributed by atoms with Gasteiger partial charge in [-0.3, -0.25) is 0 Å².